The Balaban J connectivity index is 1.94. The summed E-state index contributed by atoms with van der Waals surface area (Å²) in [6.07, 6.45) is -0.0603. The third-order valence-electron chi connectivity index (χ3n) is 7.00. The third-order valence-corrected chi connectivity index (χ3v) is 7.00. The van der Waals surface area contributed by atoms with E-state index in [1.165, 1.54) is 4.90 Å². The minimum atomic E-state index is -0.861. The first-order chi connectivity index (χ1) is 19.3. The van der Waals surface area contributed by atoms with E-state index in [1.807, 2.05) is 94.4 Å². The minimum Gasteiger partial charge on any atom is -0.507 e. The maximum Gasteiger partial charge on any atom is 0.300 e. The molecular weight excluding hydrogens is 516 g/mol. The van der Waals surface area contributed by atoms with Crippen LogP contribution < -0.4 is 19.3 Å². The summed E-state index contributed by atoms with van der Waals surface area (Å²) < 4.78 is 11.8. The van der Waals surface area contributed by atoms with Crippen molar-refractivity contribution in [3.05, 3.63) is 89.0 Å². The molecular formula is C34H40N2O5. The summed E-state index contributed by atoms with van der Waals surface area (Å²) in [6, 6.07) is 19.3. The molecule has 4 rings (SSSR count). The van der Waals surface area contributed by atoms with Gasteiger partial charge in [0, 0.05) is 36.6 Å². The van der Waals surface area contributed by atoms with Gasteiger partial charge in [-0.15, -0.1) is 0 Å². The fourth-order valence-electron chi connectivity index (χ4n) is 5.06. The average molecular weight is 557 g/mol. The van der Waals surface area contributed by atoms with Crippen LogP contribution in [-0.4, -0.2) is 43.6 Å². The van der Waals surface area contributed by atoms with E-state index in [9.17, 15) is 14.7 Å². The van der Waals surface area contributed by atoms with E-state index in [-0.39, 0.29) is 22.9 Å². The Morgan fingerprint density at radius 2 is 1.68 bits per heavy atom. The summed E-state index contributed by atoms with van der Waals surface area (Å²) in [5.74, 6) is -0.350. The molecule has 1 amide bonds. The number of rotatable bonds is 8. The molecule has 0 saturated carbocycles. The number of aliphatic hydroxyl groups excluding tert-OH is 1. The number of anilines is 2. The van der Waals surface area contributed by atoms with Crippen molar-refractivity contribution >= 4 is 28.8 Å². The molecule has 1 fully saturated rings. The second-order valence-electron chi connectivity index (χ2n) is 11.7. The molecule has 1 unspecified atom stereocenters. The Morgan fingerprint density at radius 3 is 2.27 bits per heavy atom. The van der Waals surface area contributed by atoms with Gasteiger partial charge in [-0.1, -0.05) is 32.9 Å². The van der Waals surface area contributed by atoms with Gasteiger partial charge in [0.15, 0.2) is 0 Å². The lowest BCUT2D eigenvalue weighted by atomic mass is 9.84. The zero-order chi connectivity index (χ0) is 30.1. The summed E-state index contributed by atoms with van der Waals surface area (Å²) in [4.78, 5) is 30.8. The standard InChI is InChI=1S/C34H40N2O5/c1-9-40-28-18-13-23(20-27(28)34(4,5)6)31(37)29-30(22-11-10-12-26(19-22)41-21(2)3)36(33(39)32(29)38)25-16-14-24(15-17-25)35(7)8/h10-21,30,37H,9H2,1-8H3/b31-29+. The van der Waals surface area contributed by atoms with Crippen molar-refractivity contribution in [3.63, 3.8) is 0 Å². The smallest absolute Gasteiger partial charge is 0.300 e. The van der Waals surface area contributed by atoms with Crippen molar-refractivity contribution in [1.29, 1.82) is 0 Å². The van der Waals surface area contributed by atoms with Gasteiger partial charge in [0.1, 0.15) is 17.3 Å². The molecule has 0 radical (unpaired) electrons. The Hall–Kier alpha value is -4.26. The van der Waals surface area contributed by atoms with Crippen LogP contribution in [0.5, 0.6) is 11.5 Å². The number of amides is 1. The average Bonchev–Trinajstić information content (AvgIpc) is 3.18. The van der Waals surface area contributed by atoms with Gasteiger partial charge in [-0.2, -0.15) is 0 Å². The molecule has 1 saturated heterocycles. The molecule has 1 aliphatic heterocycles. The highest BCUT2D eigenvalue weighted by molar-refractivity contribution is 6.51. The molecule has 0 spiro atoms. The van der Waals surface area contributed by atoms with Gasteiger partial charge in [-0.25, -0.2) is 0 Å². The summed E-state index contributed by atoms with van der Waals surface area (Å²) in [6.45, 7) is 12.5. The summed E-state index contributed by atoms with van der Waals surface area (Å²) in [5, 5.41) is 11.7. The SMILES string of the molecule is CCOc1ccc(/C(O)=C2\C(=O)C(=O)N(c3ccc(N(C)C)cc3)C2c2cccc(OC(C)C)c2)cc1C(C)(C)C. The molecule has 7 nitrogen and oxygen atoms in total. The lowest BCUT2D eigenvalue weighted by molar-refractivity contribution is -0.132. The van der Waals surface area contributed by atoms with Crippen LogP contribution in [0.1, 0.15) is 64.3 Å². The van der Waals surface area contributed by atoms with Crippen molar-refractivity contribution in [3.8, 4) is 11.5 Å². The van der Waals surface area contributed by atoms with Crippen molar-refractivity contribution in [2.24, 2.45) is 0 Å². The van der Waals surface area contributed by atoms with E-state index in [4.69, 9.17) is 9.47 Å². The fourth-order valence-corrected chi connectivity index (χ4v) is 5.06. The number of benzene rings is 3. The molecule has 3 aromatic rings. The monoisotopic (exact) mass is 556 g/mol. The van der Waals surface area contributed by atoms with E-state index in [1.54, 1.807) is 12.1 Å². The molecule has 216 valence electrons. The normalized spacial score (nSPS) is 16.8. The predicted molar refractivity (Wildman–Crippen MR) is 164 cm³/mol. The molecule has 0 aliphatic carbocycles. The Labute approximate surface area is 243 Å². The number of ether oxygens (including phenoxy) is 2. The number of hydrogen-bond donors (Lipinski definition) is 1. The van der Waals surface area contributed by atoms with Crippen LogP contribution >= 0.6 is 0 Å². The zero-order valence-electron chi connectivity index (χ0n) is 25.2. The largest absolute Gasteiger partial charge is 0.507 e. The Kier molecular flexibility index (Phi) is 8.47. The maximum atomic E-state index is 13.7. The first-order valence-electron chi connectivity index (χ1n) is 14.0. The molecule has 1 atom stereocenters. The molecule has 41 heavy (non-hydrogen) atoms. The second kappa shape index (κ2) is 11.7. The highest BCUT2D eigenvalue weighted by atomic mass is 16.5. The lowest BCUT2D eigenvalue weighted by Crippen LogP contribution is -2.29. The number of Topliss-reactive ketones (excluding diaryl/α,β-unsaturated/α-hetero) is 1. The fraction of sp³-hybridized carbons (Fsp3) is 0.353. The van der Waals surface area contributed by atoms with Crippen molar-refractivity contribution < 1.29 is 24.2 Å². The van der Waals surface area contributed by atoms with E-state index in [0.717, 1.165) is 11.3 Å². The van der Waals surface area contributed by atoms with Crippen LogP contribution in [0.3, 0.4) is 0 Å². The van der Waals surface area contributed by atoms with Crippen molar-refractivity contribution in [2.45, 2.75) is 59.1 Å². The van der Waals surface area contributed by atoms with Gasteiger partial charge in [0.05, 0.1) is 24.3 Å². The molecule has 1 aliphatic rings. The lowest BCUT2D eigenvalue weighted by Gasteiger charge is -2.27. The topological polar surface area (TPSA) is 79.3 Å². The highest BCUT2D eigenvalue weighted by Gasteiger charge is 2.47. The van der Waals surface area contributed by atoms with Crippen LogP contribution in [0, 0.1) is 0 Å². The van der Waals surface area contributed by atoms with Crippen LogP contribution in [0.15, 0.2) is 72.3 Å². The Morgan fingerprint density at radius 1 is 1.00 bits per heavy atom. The van der Waals surface area contributed by atoms with E-state index in [0.29, 0.717) is 34.9 Å². The first kappa shape index (κ1) is 29.7. The molecule has 3 aromatic carbocycles. The number of carbonyl (C=O) groups excluding carboxylic acids is 2. The first-order valence-corrected chi connectivity index (χ1v) is 14.0. The quantitative estimate of drug-likeness (QED) is 0.185. The number of ketones is 1. The molecule has 0 aromatic heterocycles. The molecule has 0 bridgehead atoms. The van der Waals surface area contributed by atoms with Gasteiger partial charge < -0.3 is 19.5 Å². The summed E-state index contributed by atoms with van der Waals surface area (Å²) >= 11 is 0. The van der Waals surface area contributed by atoms with Gasteiger partial charge >= 0.3 is 0 Å². The van der Waals surface area contributed by atoms with Crippen LogP contribution in [0.25, 0.3) is 5.76 Å². The van der Waals surface area contributed by atoms with Crippen molar-refractivity contribution in [1.82, 2.24) is 0 Å². The summed E-state index contributed by atoms with van der Waals surface area (Å²) in [7, 11) is 3.87. The van der Waals surface area contributed by atoms with Gasteiger partial charge in [0.25, 0.3) is 11.7 Å². The van der Waals surface area contributed by atoms with E-state index >= 15 is 0 Å². The van der Waals surface area contributed by atoms with Gasteiger partial charge in [-0.05, 0) is 86.3 Å². The number of aliphatic hydroxyl groups is 1. The second-order valence-corrected chi connectivity index (χ2v) is 11.7. The van der Waals surface area contributed by atoms with Crippen LogP contribution in [0.2, 0.25) is 0 Å². The minimum absolute atomic E-state index is 0.0254. The number of hydrogen-bond acceptors (Lipinski definition) is 6. The maximum absolute atomic E-state index is 13.7. The highest BCUT2D eigenvalue weighted by Crippen LogP contribution is 2.44. The third kappa shape index (κ3) is 6.09. The molecule has 1 heterocycles. The molecule has 7 heteroatoms. The molecule has 1 N–H and O–H groups in total. The van der Waals surface area contributed by atoms with Gasteiger partial charge in [-0.3, -0.25) is 14.5 Å². The zero-order valence-corrected chi connectivity index (χ0v) is 25.2. The number of carbonyl (C=O) groups is 2. The summed E-state index contributed by atoms with van der Waals surface area (Å²) in [5.41, 5.74) is 3.24. The van der Waals surface area contributed by atoms with Crippen LogP contribution in [0.4, 0.5) is 11.4 Å². The predicted octanol–water partition coefficient (Wildman–Crippen LogP) is 6.86. The van der Waals surface area contributed by atoms with Crippen LogP contribution in [-0.2, 0) is 15.0 Å². The number of nitrogens with zero attached hydrogens (tertiary/aromatic N) is 2. The Bertz CT molecular complexity index is 1470. The van der Waals surface area contributed by atoms with Gasteiger partial charge in [0.2, 0.25) is 0 Å². The van der Waals surface area contributed by atoms with Crippen molar-refractivity contribution in [2.75, 3.05) is 30.5 Å². The van der Waals surface area contributed by atoms with E-state index < -0.39 is 17.7 Å². The van der Waals surface area contributed by atoms with E-state index in [2.05, 4.69) is 20.8 Å².